The summed E-state index contributed by atoms with van der Waals surface area (Å²) in [5.74, 6) is 1.11. The van der Waals surface area contributed by atoms with Crippen molar-refractivity contribution in [3.8, 4) is 0 Å². The molecule has 0 radical (unpaired) electrons. The first-order chi connectivity index (χ1) is 7.81. The second-order valence-corrected chi connectivity index (χ2v) is 4.82. The zero-order valence-corrected chi connectivity index (χ0v) is 10.5. The summed E-state index contributed by atoms with van der Waals surface area (Å²) in [6.45, 7) is 6.17. The van der Waals surface area contributed by atoms with Gasteiger partial charge >= 0.3 is 0 Å². The van der Waals surface area contributed by atoms with Crippen LogP contribution in [0, 0.1) is 6.92 Å². The van der Waals surface area contributed by atoms with Crippen LogP contribution in [-0.4, -0.2) is 9.78 Å². The van der Waals surface area contributed by atoms with E-state index in [2.05, 4.69) is 35.7 Å². The summed E-state index contributed by atoms with van der Waals surface area (Å²) < 4.78 is 2.02. The molecule has 0 atom stereocenters. The third-order valence-electron chi connectivity index (χ3n) is 2.55. The number of anilines is 1. The number of thiophene rings is 1. The predicted octanol–water partition coefficient (Wildman–Crippen LogP) is 3.28. The standard InChI is InChI=1S/C12H17N3S/c1-3-7-15-12(4-6-14-15)13-9-11-10(2)5-8-16-11/h4-6,8,13H,3,7,9H2,1-2H3. The molecule has 0 aromatic carbocycles. The van der Waals surface area contributed by atoms with Gasteiger partial charge in [0.2, 0.25) is 0 Å². The highest BCUT2D eigenvalue weighted by atomic mass is 32.1. The summed E-state index contributed by atoms with van der Waals surface area (Å²) in [5.41, 5.74) is 1.36. The van der Waals surface area contributed by atoms with Crippen LogP contribution in [0.1, 0.15) is 23.8 Å². The minimum absolute atomic E-state index is 0.888. The number of hydrogen-bond acceptors (Lipinski definition) is 3. The van der Waals surface area contributed by atoms with Gasteiger partial charge in [-0.3, -0.25) is 0 Å². The molecule has 0 saturated carbocycles. The molecule has 0 amide bonds. The summed E-state index contributed by atoms with van der Waals surface area (Å²) in [4.78, 5) is 1.39. The SMILES string of the molecule is CCCn1nccc1NCc1sccc1C. The fourth-order valence-corrected chi connectivity index (χ4v) is 2.47. The molecule has 0 fully saturated rings. The van der Waals surface area contributed by atoms with E-state index in [1.165, 1.54) is 10.4 Å². The summed E-state index contributed by atoms with van der Waals surface area (Å²) in [6, 6.07) is 4.18. The van der Waals surface area contributed by atoms with Crippen molar-refractivity contribution in [2.75, 3.05) is 5.32 Å². The average molecular weight is 235 g/mol. The van der Waals surface area contributed by atoms with Crippen molar-refractivity contribution in [3.63, 3.8) is 0 Å². The smallest absolute Gasteiger partial charge is 0.124 e. The van der Waals surface area contributed by atoms with Crippen LogP contribution in [0.2, 0.25) is 0 Å². The topological polar surface area (TPSA) is 29.9 Å². The molecule has 0 aliphatic carbocycles. The lowest BCUT2D eigenvalue weighted by Crippen LogP contribution is -2.07. The fraction of sp³-hybridized carbons (Fsp3) is 0.417. The van der Waals surface area contributed by atoms with E-state index in [1.54, 1.807) is 11.3 Å². The molecule has 2 aromatic heterocycles. The van der Waals surface area contributed by atoms with E-state index in [4.69, 9.17) is 0 Å². The number of nitrogens with one attached hydrogen (secondary N) is 1. The van der Waals surface area contributed by atoms with Crippen LogP contribution in [0.5, 0.6) is 0 Å². The van der Waals surface area contributed by atoms with Gasteiger partial charge in [-0.15, -0.1) is 11.3 Å². The molecule has 0 aliphatic rings. The maximum absolute atomic E-state index is 4.29. The highest BCUT2D eigenvalue weighted by Crippen LogP contribution is 2.17. The molecule has 2 rings (SSSR count). The predicted molar refractivity (Wildman–Crippen MR) is 68.9 cm³/mol. The molecule has 1 N–H and O–H groups in total. The molecule has 3 nitrogen and oxygen atoms in total. The van der Waals surface area contributed by atoms with Crippen molar-refractivity contribution in [2.45, 2.75) is 33.4 Å². The van der Waals surface area contributed by atoms with E-state index in [9.17, 15) is 0 Å². The second kappa shape index (κ2) is 5.16. The molecular weight excluding hydrogens is 218 g/mol. The first-order valence-electron chi connectivity index (χ1n) is 5.60. The van der Waals surface area contributed by atoms with Crippen LogP contribution >= 0.6 is 11.3 Å². The summed E-state index contributed by atoms with van der Waals surface area (Å²) in [7, 11) is 0. The Labute approximate surface area is 100 Å². The van der Waals surface area contributed by atoms with Gasteiger partial charge in [0.15, 0.2) is 0 Å². The van der Waals surface area contributed by atoms with Crippen molar-refractivity contribution in [1.29, 1.82) is 0 Å². The third-order valence-corrected chi connectivity index (χ3v) is 3.57. The fourth-order valence-electron chi connectivity index (χ4n) is 1.63. The molecule has 4 heteroatoms. The van der Waals surface area contributed by atoms with E-state index >= 15 is 0 Å². The van der Waals surface area contributed by atoms with Crippen molar-refractivity contribution in [2.24, 2.45) is 0 Å². The van der Waals surface area contributed by atoms with Crippen LogP contribution in [-0.2, 0) is 13.1 Å². The van der Waals surface area contributed by atoms with Crippen LogP contribution < -0.4 is 5.32 Å². The van der Waals surface area contributed by atoms with Crippen molar-refractivity contribution in [3.05, 3.63) is 34.2 Å². The Hall–Kier alpha value is -1.29. The molecule has 86 valence electrons. The van der Waals surface area contributed by atoms with Gasteiger partial charge in [0.1, 0.15) is 5.82 Å². The van der Waals surface area contributed by atoms with Gasteiger partial charge in [-0.25, -0.2) is 4.68 Å². The van der Waals surface area contributed by atoms with Crippen LogP contribution in [0.15, 0.2) is 23.7 Å². The van der Waals surface area contributed by atoms with E-state index in [0.717, 1.165) is 25.3 Å². The lowest BCUT2D eigenvalue weighted by Gasteiger charge is -2.08. The highest BCUT2D eigenvalue weighted by molar-refractivity contribution is 7.10. The quantitative estimate of drug-likeness (QED) is 0.862. The maximum Gasteiger partial charge on any atom is 0.124 e. The zero-order chi connectivity index (χ0) is 11.4. The first-order valence-corrected chi connectivity index (χ1v) is 6.48. The molecule has 2 heterocycles. The number of hydrogen-bond donors (Lipinski definition) is 1. The van der Waals surface area contributed by atoms with Gasteiger partial charge in [0.05, 0.1) is 12.7 Å². The minimum atomic E-state index is 0.888. The van der Waals surface area contributed by atoms with Gasteiger partial charge in [0, 0.05) is 17.5 Å². The number of aromatic nitrogens is 2. The number of nitrogens with zero attached hydrogens (tertiary/aromatic N) is 2. The van der Waals surface area contributed by atoms with Gasteiger partial charge < -0.3 is 5.32 Å². The largest absolute Gasteiger partial charge is 0.365 e. The summed E-state index contributed by atoms with van der Waals surface area (Å²) in [6.07, 6.45) is 2.95. The normalized spacial score (nSPS) is 10.6. The summed E-state index contributed by atoms with van der Waals surface area (Å²) >= 11 is 1.80. The van der Waals surface area contributed by atoms with Gasteiger partial charge in [0.25, 0.3) is 0 Å². The van der Waals surface area contributed by atoms with Gasteiger partial charge in [-0.1, -0.05) is 6.92 Å². The Kier molecular flexibility index (Phi) is 3.62. The molecule has 0 saturated heterocycles. The average Bonchev–Trinajstić information content (AvgIpc) is 2.86. The highest BCUT2D eigenvalue weighted by Gasteiger charge is 2.03. The Balaban J connectivity index is 1.99. The third kappa shape index (κ3) is 2.44. The van der Waals surface area contributed by atoms with Gasteiger partial charge in [-0.05, 0) is 30.4 Å². The molecule has 2 aromatic rings. The number of rotatable bonds is 5. The Morgan fingerprint density at radius 3 is 3.00 bits per heavy atom. The van der Waals surface area contributed by atoms with Crippen molar-refractivity contribution in [1.82, 2.24) is 9.78 Å². The second-order valence-electron chi connectivity index (χ2n) is 3.82. The Bertz CT molecular complexity index is 445. The molecule has 0 spiro atoms. The Morgan fingerprint density at radius 1 is 1.44 bits per heavy atom. The van der Waals surface area contributed by atoms with Crippen molar-refractivity contribution < 1.29 is 0 Å². The van der Waals surface area contributed by atoms with Crippen LogP contribution in [0.25, 0.3) is 0 Å². The first kappa shape index (κ1) is 11.2. The monoisotopic (exact) mass is 235 g/mol. The molecule has 16 heavy (non-hydrogen) atoms. The van der Waals surface area contributed by atoms with Crippen LogP contribution in [0.4, 0.5) is 5.82 Å². The lowest BCUT2D eigenvalue weighted by molar-refractivity contribution is 0.607. The van der Waals surface area contributed by atoms with Crippen LogP contribution in [0.3, 0.4) is 0 Å². The molecular formula is C12H17N3S. The lowest BCUT2D eigenvalue weighted by atomic mass is 10.3. The Morgan fingerprint density at radius 2 is 2.31 bits per heavy atom. The maximum atomic E-state index is 4.29. The summed E-state index contributed by atoms with van der Waals surface area (Å²) in [5, 5.41) is 9.85. The molecule has 0 unspecified atom stereocenters. The molecule has 0 bridgehead atoms. The van der Waals surface area contributed by atoms with Gasteiger partial charge in [-0.2, -0.15) is 5.10 Å². The van der Waals surface area contributed by atoms with Crippen molar-refractivity contribution >= 4 is 17.2 Å². The minimum Gasteiger partial charge on any atom is -0.365 e. The zero-order valence-electron chi connectivity index (χ0n) is 9.73. The van der Waals surface area contributed by atoms with E-state index in [0.29, 0.717) is 0 Å². The molecule has 0 aliphatic heterocycles. The van der Waals surface area contributed by atoms with E-state index in [-0.39, 0.29) is 0 Å². The van der Waals surface area contributed by atoms with E-state index in [1.807, 2.05) is 16.9 Å². The van der Waals surface area contributed by atoms with E-state index < -0.39 is 0 Å². The number of aryl methyl sites for hydroxylation is 2.